The van der Waals surface area contributed by atoms with Crippen LogP contribution in [-0.2, 0) is 4.79 Å². The molecular formula is C13H14BrClN2O2. The number of amides is 2. The minimum atomic E-state index is -0.234. The Kier molecular flexibility index (Phi) is 4.82. The van der Waals surface area contributed by atoms with Gasteiger partial charge in [-0.1, -0.05) is 27.5 Å². The third-order valence-corrected chi connectivity index (χ3v) is 3.38. The molecule has 1 aliphatic rings. The number of hydrogen-bond donors (Lipinski definition) is 2. The summed E-state index contributed by atoms with van der Waals surface area (Å²) in [6, 6.07) is 5.34. The van der Waals surface area contributed by atoms with E-state index in [0.717, 1.165) is 17.3 Å². The average Bonchev–Trinajstić information content (AvgIpc) is 3.11. The predicted molar refractivity (Wildman–Crippen MR) is 77.3 cm³/mol. The standard InChI is InChI=1S/C13H14BrClN2O2/c14-9-5-8(6-10(15)7-9)13(19)16-4-3-12(18)17-11-1-2-11/h5-7,11H,1-4H2,(H,16,19)(H,17,18). The van der Waals surface area contributed by atoms with Gasteiger partial charge in [0, 0.05) is 34.1 Å². The number of halogens is 2. The van der Waals surface area contributed by atoms with Gasteiger partial charge in [-0.25, -0.2) is 0 Å². The number of carbonyl (C=O) groups excluding carboxylic acids is 2. The van der Waals surface area contributed by atoms with Gasteiger partial charge in [0.25, 0.3) is 5.91 Å². The van der Waals surface area contributed by atoms with Crippen molar-refractivity contribution in [3.63, 3.8) is 0 Å². The zero-order valence-electron chi connectivity index (χ0n) is 10.2. The van der Waals surface area contributed by atoms with Gasteiger partial charge in [-0.3, -0.25) is 9.59 Å². The Bertz CT molecular complexity index is 483. The molecule has 19 heavy (non-hydrogen) atoms. The van der Waals surface area contributed by atoms with E-state index < -0.39 is 0 Å². The number of benzene rings is 1. The summed E-state index contributed by atoms with van der Waals surface area (Å²) in [6.07, 6.45) is 2.42. The molecule has 0 heterocycles. The van der Waals surface area contributed by atoms with E-state index in [1.165, 1.54) is 0 Å². The van der Waals surface area contributed by atoms with E-state index >= 15 is 0 Å². The second kappa shape index (κ2) is 6.39. The number of hydrogen-bond acceptors (Lipinski definition) is 2. The van der Waals surface area contributed by atoms with Crippen molar-refractivity contribution >= 4 is 39.3 Å². The third kappa shape index (κ3) is 4.84. The molecule has 1 aromatic carbocycles. The lowest BCUT2D eigenvalue weighted by molar-refractivity contribution is -0.121. The molecular weight excluding hydrogens is 332 g/mol. The van der Waals surface area contributed by atoms with Crippen LogP contribution in [0.5, 0.6) is 0 Å². The van der Waals surface area contributed by atoms with E-state index in [1.807, 2.05) is 0 Å². The Morgan fingerprint density at radius 2 is 2.05 bits per heavy atom. The molecule has 0 saturated heterocycles. The van der Waals surface area contributed by atoms with Crippen LogP contribution in [0.3, 0.4) is 0 Å². The summed E-state index contributed by atoms with van der Waals surface area (Å²) in [4.78, 5) is 23.3. The van der Waals surface area contributed by atoms with Gasteiger partial charge in [-0.2, -0.15) is 0 Å². The fourth-order valence-electron chi connectivity index (χ4n) is 1.60. The van der Waals surface area contributed by atoms with Crippen LogP contribution in [-0.4, -0.2) is 24.4 Å². The van der Waals surface area contributed by atoms with Gasteiger partial charge < -0.3 is 10.6 Å². The predicted octanol–water partition coefficient (Wildman–Crippen LogP) is 2.50. The first-order valence-corrected chi connectivity index (χ1v) is 7.25. The van der Waals surface area contributed by atoms with Crippen molar-refractivity contribution in [1.82, 2.24) is 10.6 Å². The highest BCUT2D eigenvalue weighted by Gasteiger charge is 2.22. The van der Waals surface area contributed by atoms with Crippen LogP contribution in [0.25, 0.3) is 0 Å². The van der Waals surface area contributed by atoms with E-state index in [0.29, 0.717) is 29.6 Å². The van der Waals surface area contributed by atoms with E-state index in [2.05, 4.69) is 26.6 Å². The van der Waals surface area contributed by atoms with Gasteiger partial charge in [0.15, 0.2) is 0 Å². The zero-order chi connectivity index (χ0) is 13.8. The van der Waals surface area contributed by atoms with Crippen molar-refractivity contribution in [1.29, 1.82) is 0 Å². The van der Waals surface area contributed by atoms with Gasteiger partial charge >= 0.3 is 0 Å². The molecule has 2 rings (SSSR count). The molecule has 1 aliphatic carbocycles. The highest BCUT2D eigenvalue weighted by atomic mass is 79.9. The molecule has 102 valence electrons. The largest absolute Gasteiger partial charge is 0.353 e. The number of carbonyl (C=O) groups is 2. The van der Waals surface area contributed by atoms with Crippen molar-refractivity contribution < 1.29 is 9.59 Å². The molecule has 1 fully saturated rings. The zero-order valence-corrected chi connectivity index (χ0v) is 12.6. The maximum Gasteiger partial charge on any atom is 0.251 e. The van der Waals surface area contributed by atoms with E-state index in [1.54, 1.807) is 18.2 Å². The molecule has 2 N–H and O–H groups in total. The molecule has 0 unspecified atom stereocenters. The van der Waals surface area contributed by atoms with E-state index in [-0.39, 0.29) is 11.8 Å². The van der Waals surface area contributed by atoms with Crippen molar-refractivity contribution in [3.8, 4) is 0 Å². The molecule has 2 amide bonds. The third-order valence-electron chi connectivity index (χ3n) is 2.70. The summed E-state index contributed by atoms with van der Waals surface area (Å²) >= 11 is 9.15. The quantitative estimate of drug-likeness (QED) is 0.861. The topological polar surface area (TPSA) is 58.2 Å². The van der Waals surface area contributed by atoms with Crippen molar-refractivity contribution in [2.24, 2.45) is 0 Å². The smallest absolute Gasteiger partial charge is 0.251 e. The summed E-state index contributed by atoms with van der Waals surface area (Å²) in [7, 11) is 0. The average molecular weight is 346 g/mol. The molecule has 0 atom stereocenters. The summed E-state index contributed by atoms with van der Waals surface area (Å²) in [5, 5.41) is 6.06. The Morgan fingerprint density at radius 1 is 1.32 bits per heavy atom. The second-order valence-electron chi connectivity index (χ2n) is 4.51. The van der Waals surface area contributed by atoms with Crippen LogP contribution in [0.15, 0.2) is 22.7 Å². The molecule has 4 nitrogen and oxygen atoms in total. The Morgan fingerprint density at radius 3 is 2.68 bits per heavy atom. The maximum atomic E-state index is 11.8. The summed E-state index contributed by atoms with van der Waals surface area (Å²) in [5.74, 6) is -0.252. The van der Waals surface area contributed by atoms with Gasteiger partial charge in [-0.15, -0.1) is 0 Å². The monoisotopic (exact) mass is 344 g/mol. The fraction of sp³-hybridized carbons (Fsp3) is 0.385. The fourth-order valence-corrected chi connectivity index (χ4v) is 2.46. The second-order valence-corrected chi connectivity index (χ2v) is 5.86. The summed E-state index contributed by atoms with van der Waals surface area (Å²) in [5.41, 5.74) is 0.474. The lowest BCUT2D eigenvalue weighted by Crippen LogP contribution is -2.31. The first-order chi connectivity index (χ1) is 9.04. The molecule has 6 heteroatoms. The number of rotatable bonds is 5. The van der Waals surface area contributed by atoms with Crippen LogP contribution in [0, 0.1) is 0 Å². The minimum Gasteiger partial charge on any atom is -0.353 e. The molecule has 0 aromatic heterocycles. The van der Waals surface area contributed by atoms with Crippen LogP contribution in [0.1, 0.15) is 29.6 Å². The first kappa shape index (κ1) is 14.3. The lowest BCUT2D eigenvalue weighted by atomic mass is 10.2. The maximum absolute atomic E-state index is 11.8. The molecule has 0 spiro atoms. The van der Waals surface area contributed by atoms with Crippen LogP contribution in [0.4, 0.5) is 0 Å². The Balaban J connectivity index is 1.78. The van der Waals surface area contributed by atoms with Crippen molar-refractivity contribution in [3.05, 3.63) is 33.3 Å². The highest BCUT2D eigenvalue weighted by molar-refractivity contribution is 9.10. The molecule has 1 aromatic rings. The molecule has 0 radical (unpaired) electrons. The van der Waals surface area contributed by atoms with Gasteiger partial charge in [0.2, 0.25) is 5.91 Å². The first-order valence-electron chi connectivity index (χ1n) is 6.08. The van der Waals surface area contributed by atoms with Crippen LogP contribution in [0.2, 0.25) is 5.02 Å². The normalized spacial score (nSPS) is 14.0. The van der Waals surface area contributed by atoms with Crippen LogP contribution < -0.4 is 10.6 Å². The molecule has 1 saturated carbocycles. The molecule has 0 bridgehead atoms. The van der Waals surface area contributed by atoms with E-state index in [4.69, 9.17) is 11.6 Å². The summed E-state index contributed by atoms with van der Waals surface area (Å²) in [6.45, 7) is 0.321. The Hall–Kier alpha value is -1.07. The van der Waals surface area contributed by atoms with Crippen molar-refractivity contribution in [2.45, 2.75) is 25.3 Å². The SMILES string of the molecule is O=C(CCNC(=O)c1cc(Cl)cc(Br)c1)NC1CC1. The van der Waals surface area contributed by atoms with Crippen molar-refractivity contribution in [2.75, 3.05) is 6.54 Å². The van der Waals surface area contributed by atoms with Crippen LogP contribution >= 0.6 is 27.5 Å². The minimum absolute atomic E-state index is 0.0184. The lowest BCUT2D eigenvalue weighted by Gasteiger charge is -2.06. The van der Waals surface area contributed by atoms with E-state index in [9.17, 15) is 9.59 Å². The Labute approximate surface area is 125 Å². The molecule has 0 aliphatic heterocycles. The number of nitrogens with one attached hydrogen (secondary N) is 2. The van der Waals surface area contributed by atoms with Gasteiger partial charge in [-0.05, 0) is 31.0 Å². The van der Waals surface area contributed by atoms with Gasteiger partial charge in [0.1, 0.15) is 0 Å². The highest BCUT2D eigenvalue weighted by Crippen LogP contribution is 2.19. The van der Waals surface area contributed by atoms with Gasteiger partial charge in [0.05, 0.1) is 0 Å². The summed E-state index contributed by atoms with van der Waals surface area (Å²) < 4.78 is 0.747.